The summed E-state index contributed by atoms with van der Waals surface area (Å²) < 4.78 is 6.91. The summed E-state index contributed by atoms with van der Waals surface area (Å²) in [5.41, 5.74) is 5.73. The first-order valence-electron chi connectivity index (χ1n) is 12.8. The number of esters is 1. The van der Waals surface area contributed by atoms with E-state index in [4.69, 9.17) is 9.72 Å². The normalized spacial score (nSPS) is 11.0. The topological polar surface area (TPSA) is 105 Å². The number of methoxy groups -OCH3 is 1. The smallest absolute Gasteiger partial charge is 0.355 e. The van der Waals surface area contributed by atoms with Crippen molar-refractivity contribution in [2.24, 2.45) is 7.05 Å². The van der Waals surface area contributed by atoms with Crippen molar-refractivity contribution in [3.05, 3.63) is 72.6 Å². The van der Waals surface area contributed by atoms with Crippen LogP contribution < -0.4 is 15.5 Å². The fourth-order valence-corrected chi connectivity index (χ4v) is 4.56. The van der Waals surface area contributed by atoms with Gasteiger partial charge >= 0.3 is 5.97 Å². The highest BCUT2D eigenvalue weighted by atomic mass is 16.5. The average molecular weight is 542 g/mol. The van der Waals surface area contributed by atoms with Crippen LogP contribution in [-0.4, -0.2) is 72.7 Å². The molecule has 0 unspecified atom stereocenters. The number of nitrogens with one attached hydrogen (secondary N) is 2. The van der Waals surface area contributed by atoms with E-state index < -0.39 is 5.97 Å². The highest BCUT2D eigenvalue weighted by Gasteiger charge is 2.24. The lowest BCUT2D eigenvalue weighted by Gasteiger charge is -2.25. The van der Waals surface area contributed by atoms with Crippen molar-refractivity contribution in [2.75, 3.05) is 56.9 Å². The Kier molecular flexibility index (Phi) is 8.49. The van der Waals surface area contributed by atoms with Gasteiger partial charge in [-0.25, -0.2) is 14.8 Å². The summed E-state index contributed by atoms with van der Waals surface area (Å²) in [5.74, 6) is -0.407. The molecule has 0 aliphatic rings. The second-order valence-corrected chi connectivity index (χ2v) is 9.78. The molecule has 1 amide bonds. The van der Waals surface area contributed by atoms with E-state index in [2.05, 4.69) is 32.0 Å². The molecule has 0 radical (unpaired) electrons. The van der Waals surface area contributed by atoms with Gasteiger partial charge in [-0.1, -0.05) is 24.8 Å². The minimum Gasteiger partial charge on any atom is -0.464 e. The molecule has 0 aliphatic carbocycles. The van der Waals surface area contributed by atoms with Gasteiger partial charge in [0.05, 0.1) is 24.2 Å². The van der Waals surface area contributed by atoms with E-state index in [9.17, 15) is 9.59 Å². The van der Waals surface area contributed by atoms with Gasteiger partial charge in [0.15, 0.2) is 0 Å². The molecular formula is C30H35N7O3. The Hall–Kier alpha value is -4.70. The largest absolute Gasteiger partial charge is 0.464 e. The van der Waals surface area contributed by atoms with Gasteiger partial charge in [0, 0.05) is 55.5 Å². The van der Waals surface area contributed by atoms with Crippen molar-refractivity contribution in [3.63, 3.8) is 0 Å². The van der Waals surface area contributed by atoms with Crippen molar-refractivity contribution < 1.29 is 14.3 Å². The maximum Gasteiger partial charge on any atom is 0.355 e. The summed E-state index contributed by atoms with van der Waals surface area (Å²) in [4.78, 5) is 38.5. The van der Waals surface area contributed by atoms with E-state index in [1.54, 1.807) is 12.3 Å². The van der Waals surface area contributed by atoms with Gasteiger partial charge in [-0.15, -0.1) is 0 Å². The lowest BCUT2D eigenvalue weighted by molar-refractivity contribution is -0.111. The number of aromatic nitrogens is 3. The third kappa shape index (κ3) is 5.81. The Morgan fingerprint density at radius 1 is 1.10 bits per heavy atom. The first-order valence-corrected chi connectivity index (χ1v) is 12.8. The lowest BCUT2D eigenvalue weighted by Crippen LogP contribution is -2.29. The number of hydrogen-bond donors (Lipinski definition) is 2. The molecule has 0 aliphatic heterocycles. The summed E-state index contributed by atoms with van der Waals surface area (Å²) in [6.07, 6.45) is 2.89. The number of hydrogen-bond acceptors (Lipinski definition) is 8. The highest BCUT2D eigenvalue weighted by molar-refractivity contribution is 6.08. The molecule has 40 heavy (non-hydrogen) atoms. The minimum atomic E-state index is -0.450. The standard InChI is InChI=1S/C30H35N7O3/c1-8-26(38)32-23-18-22(19(2)17-25(23)36(5)16-15-35(3)4)34-30-31-14-13-21(33-30)27-20-11-9-10-12-24(20)37(6)28(27)29(39)40-7/h8-14,17-18H,1,15-16H2,2-7H3,(H,32,38)(H,31,33,34). The average Bonchev–Trinajstić information content (AvgIpc) is 3.25. The van der Waals surface area contributed by atoms with E-state index >= 15 is 0 Å². The fourth-order valence-electron chi connectivity index (χ4n) is 4.56. The number of carbonyl (C=O) groups is 2. The summed E-state index contributed by atoms with van der Waals surface area (Å²) in [6.45, 7) is 7.19. The van der Waals surface area contributed by atoms with Crippen molar-refractivity contribution in [3.8, 4) is 11.3 Å². The van der Waals surface area contributed by atoms with E-state index in [0.717, 1.165) is 40.9 Å². The Labute approximate surface area is 234 Å². The number of para-hydroxylation sites is 1. The van der Waals surface area contributed by atoms with Crippen LogP contribution in [0.5, 0.6) is 0 Å². The van der Waals surface area contributed by atoms with E-state index in [0.29, 0.717) is 28.6 Å². The molecule has 0 saturated carbocycles. The fraction of sp³-hybridized carbons (Fsp3) is 0.267. The van der Waals surface area contributed by atoms with Crippen molar-refractivity contribution in [1.29, 1.82) is 0 Å². The number of likely N-dealkylation sites (N-methyl/N-ethyl adjacent to an activating group) is 2. The Morgan fingerprint density at radius 2 is 1.85 bits per heavy atom. The first kappa shape index (κ1) is 28.3. The van der Waals surface area contributed by atoms with Crippen LogP contribution in [0, 0.1) is 6.92 Å². The second-order valence-electron chi connectivity index (χ2n) is 9.78. The summed E-state index contributed by atoms with van der Waals surface area (Å²) in [5, 5.41) is 7.10. The predicted molar refractivity (Wildman–Crippen MR) is 160 cm³/mol. The van der Waals surface area contributed by atoms with Gasteiger partial charge in [-0.2, -0.15) is 0 Å². The number of nitrogens with zero attached hydrogens (tertiary/aromatic N) is 5. The summed E-state index contributed by atoms with van der Waals surface area (Å²) in [7, 11) is 9.23. The van der Waals surface area contributed by atoms with Crippen molar-refractivity contribution in [1.82, 2.24) is 19.4 Å². The third-order valence-electron chi connectivity index (χ3n) is 6.72. The quantitative estimate of drug-likeness (QED) is 0.222. The van der Waals surface area contributed by atoms with Gasteiger partial charge in [-0.05, 0) is 56.9 Å². The molecule has 0 saturated heterocycles. The van der Waals surface area contributed by atoms with Crippen LogP contribution in [0.3, 0.4) is 0 Å². The maximum atomic E-state index is 12.8. The monoisotopic (exact) mass is 541 g/mol. The molecule has 10 heteroatoms. The van der Waals surface area contributed by atoms with Gasteiger partial charge in [0.2, 0.25) is 11.9 Å². The Morgan fingerprint density at radius 3 is 2.55 bits per heavy atom. The maximum absolute atomic E-state index is 12.8. The SMILES string of the molecule is C=CC(=O)Nc1cc(Nc2nccc(-c3c(C(=O)OC)n(C)c4ccccc34)n2)c(C)cc1N(C)CCN(C)C. The number of benzene rings is 2. The Balaban J connectivity index is 1.75. The van der Waals surface area contributed by atoms with Gasteiger partial charge < -0.3 is 29.7 Å². The lowest BCUT2D eigenvalue weighted by atomic mass is 10.1. The zero-order valence-electron chi connectivity index (χ0n) is 23.8. The molecule has 0 spiro atoms. The minimum absolute atomic E-state index is 0.304. The van der Waals surface area contributed by atoms with E-state index in [-0.39, 0.29) is 5.91 Å². The molecule has 2 N–H and O–H groups in total. The van der Waals surface area contributed by atoms with Crippen LogP contribution in [0.15, 0.2) is 61.3 Å². The molecule has 10 nitrogen and oxygen atoms in total. The van der Waals surface area contributed by atoms with Gasteiger partial charge in [0.1, 0.15) is 5.69 Å². The molecule has 0 fully saturated rings. The first-order chi connectivity index (χ1) is 19.1. The molecule has 2 aromatic carbocycles. The van der Waals surface area contributed by atoms with Crippen LogP contribution in [0.4, 0.5) is 23.0 Å². The molecular weight excluding hydrogens is 506 g/mol. The molecule has 2 heterocycles. The number of rotatable bonds is 10. The number of anilines is 4. The number of amides is 1. The zero-order valence-corrected chi connectivity index (χ0v) is 23.8. The van der Waals surface area contributed by atoms with Crippen LogP contribution >= 0.6 is 0 Å². The molecule has 2 aromatic heterocycles. The number of aryl methyl sites for hydroxylation is 2. The molecule has 4 rings (SSSR count). The highest BCUT2D eigenvalue weighted by Crippen LogP contribution is 2.36. The van der Waals surface area contributed by atoms with Crippen molar-refractivity contribution in [2.45, 2.75) is 6.92 Å². The molecule has 208 valence electrons. The van der Waals surface area contributed by atoms with Crippen molar-refractivity contribution >= 4 is 45.8 Å². The summed E-state index contributed by atoms with van der Waals surface area (Å²) >= 11 is 0. The zero-order chi connectivity index (χ0) is 29.0. The van der Waals surface area contributed by atoms with Crippen LogP contribution in [0.25, 0.3) is 22.2 Å². The summed E-state index contributed by atoms with van der Waals surface area (Å²) in [6, 6.07) is 13.4. The number of ether oxygens (including phenoxy) is 1. The van der Waals surface area contributed by atoms with E-state index in [1.165, 1.54) is 13.2 Å². The van der Waals surface area contributed by atoms with Gasteiger partial charge in [-0.3, -0.25) is 4.79 Å². The predicted octanol–water partition coefficient (Wildman–Crippen LogP) is 4.60. The van der Waals surface area contributed by atoms with E-state index in [1.807, 2.05) is 76.1 Å². The third-order valence-corrected chi connectivity index (χ3v) is 6.72. The number of fused-ring (bicyclic) bond motifs is 1. The van der Waals surface area contributed by atoms with Crippen LogP contribution in [0.1, 0.15) is 16.1 Å². The molecule has 4 aromatic rings. The number of carbonyl (C=O) groups excluding carboxylic acids is 2. The Bertz CT molecular complexity index is 1580. The van der Waals surface area contributed by atoms with Crippen LogP contribution in [-0.2, 0) is 16.6 Å². The second kappa shape index (κ2) is 12.0. The molecule has 0 atom stereocenters. The van der Waals surface area contributed by atoms with Gasteiger partial charge in [0.25, 0.3) is 0 Å². The molecule has 0 bridgehead atoms. The van der Waals surface area contributed by atoms with Crippen LogP contribution in [0.2, 0.25) is 0 Å².